The SMILES string of the molecule is O=C(N/N=C\c1ccc(-n2cnc3ccccc32)cc1)[C@H]1CCS(=O)(=O)C1. The summed E-state index contributed by atoms with van der Waals surface area (Å²) in [5.74, 6) is -0.890. The van der Waals surface area contributed by atoms with Crippen LogP contribution in [0.2, 0.25) is 0 Å². The monoisotopic (exact) mass is 382 g/mol. The van der Waals surface area contributed by atoms with Crippen molar-refractivity contribution < 1.29 is 13.2 Å². The summed E-state index contributed by atoms with van der Waals surface area (Å²) in [4.78, 5) is 16.3. The third-order valence-electron chi connectivity index (χ3n) is 4.62. The number of benzene rings is 2. The number of carbonyl (C=O) groups is 1. The first-order valence-electron chi connectivity index (χ1n) is 8.58. The minimum atomic E-state index is -3.08. The van der Waals surface area contributed by atoms with Crippen LogP contribution >= 0.6 is 0 Å². The molecule has 2 aromatic carbocycles. The first-order valence-corrected chi connectivity index (χ1v) is 10.4. The maximum absolute atomic E-state index is 12.0. The first kappa shape index (κ1) is 17.4. The molecule has 138 valence electrons. The standard InChI is InChI=1S/C19H18N4O3S/c24-19(15-9-10-27(25,26)12-15)22-21-11-14-5-7-16(8-6-14)23-13-20-17-3-1-2-4-18(17)23/h1-8,11,13,15H,9-10,12H2,(H,22,24)/b21-11-/t15-/m0/s1. The molecule has 1 amide bonds. The van der Waals surface area contributed by atoms with E-state index in [-0.39, 0.29) is 17.4 Å². The Labute approximate surface area is 156 Å². The summed E-state index contributed by atoms with van der Waals surface area (Å²) in [6.45, 7) is 0. The molecule has 2 heterocycles. The average molecular weight is 382 g/mol. The van der Waals surface area contributed by atoms with Gasteiger partial charge in [-0.15, -0.1) is 0 Å². The van der Waals surface area contributed by atoms with E-state index >= 15 is 0 Å². The van der Waals surface area contributed by atoms with Crippen LogP contribution in [-0.2, 0) is 14.6 Å². The number of hydrogen-bond donors (Lipinski definition) is 1. The van der Waals surface area contributed by atoms with Crippen molar-refractivity contribution in [3.8, 4) is 5.69 Å². The summed E-state index contributed by atoms with van der Waals surface area (Å²) in [6.07, 6.45) is 3.68. The molecule has 0 aliphatic carbocycles. The van der Waals surface area contributed by atoms with Crippen LogP contribution < -0.4 is 5.43 Å². The van der Waals surface area contributed by atoms with E-state index in [2.05, 4.69) is 15.5 Å². The highest BCUT2D eigenvalue weighted by molar-refractivity contribution is 7.91. The van der Waals surface area contributed by atoms with Crippen molar-refractivity contribution in [2.24, 2.45) is 11.0 Å². The summed E-state index contributed by atoms with van der Waals surface area (Å²) in [5.41, 5.74) is 6.18. The van der Waals surface area contributed by atoms with Gasteiger partial charge in [0.25, 0.3) is 0 Å². The van der Waals surface area contributed by atoms with Gasteiger partial charge >= 0.3 is 0 Å². The molecular weight excluding hydrogens is 364 g/mol. The van der Waals surface area contributed by atoms with Crippen LogP contribution in [-0.4, -0.2) is 41.6 Å². The Balaban J connectivity index is 1.42. The summed E-state index contributed by atoms with van der Waals surface area (Å²) in [6, 6.07) is 15.6. The molecule has 1 fully saturated rings. The van der Waals surface area contributed by atoms with Crippen molar-refractivity contribution >= 4 is 33.0 Å². The van der Waals surface area contributed by atoms with E-state index in [0.29, 0.717) is 6.42 Å². The number of sulfone groups is 1. The maximum atomic E-state index is 12.0. The van der Waals surface area contributed by atoms with Crippen molar-refractivity contribution in [2.45, 2.75) is 6.42 Å². The number of hydrogen-bond acceptors (Lipinski definition) is 5. The van der Waals surface area contributed by atoms with Gasteiger partial charge < -0.3 is 0 Å². The fourth-order valence-electron chi connectivity index (χ4n) is 3.15. The Morgan fingerprint density at radius 1 is 1.19 bits per heavy atom. The van der Waals surface area contributed by atoms with E-state index in [4.69, 9.17) is 0 Å². The molecule has 4 rings (SSSR count). The van der Waals surface area contributed by atoms with Crippen LogP contribution in [0, 0.1) is 5.92 Å². The summed E-state index contributed by atoms with van der Waals surface area (Å²) < 4.78 is 24.9. The van der Waals surface area contributed by atoms with E-state index in [0.717, 1.165) is 22.3 Å². The van der Waals surface area contributed by atoms with Crippen LogP contribution in [0.15, 0.2) is 60.0 Å². The van der Waals surface area contributed by atoms with Gasteiger partial charge in [-0.3, -0.25) is 9.36 Å². The van der Waals surface area contributed by atoms with Crippen LogP contribution in [0.25, 0.3) is 16.7 Å². The number of para-hydroxylation sites is 2. The molecule has 0 radical (unpaired) electrons. The minimum Gasteiger partial charge on any atom is -0.299 e. The van der Waals surface area contributed by atoms with Gasteiger partial charge in [0.05, 0.1) is 34.7 Å². The number of nitrogens with zero attached hydrogens (tertiary/aromatic N) is 3. The molecule has 0 unspecified atom stereocenters. The Kier molecular flexibility index (Phi) is 4.49. The van der Waals surface area contributed by atoms with Crippen molar-refractivity contribution in [2.75, 3.05) is 11.5 Å². The van der Waals surface area contributed by atoms with Crippen molar-refractivity contribution in [1.29, 1.82) is 0 Å². The summed E-state index contributed by atoms with van der Waals surface area (Å²) in [5, 5.41) is 3.94. The van der Waals surface area contributed by atoms with Gasteiger partial charge in [0.2, 0.25) is 5.91 Å². The lowest BCUT2D eigenvalue weighted by molar-refractivity contribution is -0.124. The van der Waals surface area contributed by atoms with E-state index in [1.807, 2.05) is 53.1 Å². The van der Waals surface area contributed by atoms with E-state index < -0.39 is 15.8 Å². The molecule has 7 nitrogen and oxygen atoms in total. The third-order valence-corrected chi connectivity index (χ3v) is 6.38. The minimum absolute atomic E-state index is 0.0686. The molecule has 3 aromatic rings. The normalized spacial score (nSPS) is 18.9. The van der Waals surface area contributed by atoms with Crippen molar-refractivity contribution in [3.05, 3.63) is 60.4 Å². The second-order valence-corrected chi connectivity index (χ2v) is 8.76. The molecule has 1 atom stereocenters. The molecule has 1 aliphatic rings. The Bertz CT molecular complexity index is 1120. The molecule has 1 aromatic heterocycles. The van der Waals surface area contributed by atoms with Gasteiger partial charge in [-0.05, 0) is 36.2 Å². The number of rotatable bonds is 4. The predicted molar refractivity (Wildman–Crippen MR) is 104 cm³/mol. The van der Waals surface area contributed by atoms with E-state index in [9.17, 15) is 13.2 Å². The van der Waals surface area contributed by atoms with E-state index in [1.54, 1.807) is 6.33 Å². The Morgan fingerprint density at radius 3 is 2.70 bits per heavy atom. The number of aromatic nitrogens is 2. The highest BCUT2D eigenvalue weighted by atomic mass is 32.2. The van der Waals surface area contributed by atoms with Crippen LogP contribution in [0.3, 0.4) is 0 Å². The molecular formula is C19H18N4O3S. The molecule has 0 saturated carbocycles. The zero-order valence-electron chi connectivity index (χ0n) is 14.4. The third kappa shape index (κ3) is 3.75. The van der Waals surface area contributed by atoms with Gasteiger partial charge in [-0.25, -0.2) is 18.8 Å². The molecule has 1 aliphatic heterocycles. The number of amides is 1. The zero-order valence-corrected chi connectivity index (χ0v) is 15.3. The van der Waals surface area contributed by atoms with E-state index in [1.165, 1.54) is 6.21 Å². The Hall–Kier alpha value is -3.00. The average Bonchev–Trinajstić information content (AvgIpc) is 3.25. The van der Waals surface area contributed by atoms with Crippen molar-refractivity contribution in [3.63, 3.8) is 0 Å². The lowest BCUT2D eigenvalue weighted by Crippen LogP contribution is -2.27. The molecule has 8 heteroatoms. The quantitative estimate of drug-likeness (QED) is 0.551. The summed E-state index contributed by atoms with van der Waals surface area (Å²) in [7, 11) is -3.08. The van der Waals surface area contributed by atoms with Crippen LogP contribution in [0.4, 0.5) is 0 Å². The second kappa shape index (κ2) is 6.96. The number of hydrazone groups is 1. The van der Waals surface area contributed by atoms with Crippen molar-refractivity contribution in [1.82, 2.24) is 15.0 Å². The highest BCUT2D eigenvalue weighted by Gasteiger charge is 2.32. The lowest BCUT2D eigenvalue weighted by atomic mass is 10.1. The van der Waals surface area contributed by atoms with Gasteiger partial charge in [-0.1, -0.05) is 24.3 Å². The molecule has 27 heavy (non-hydrogen) atoms. The summed E-state index contributed by atoms with van der Waals surface area (Å²) >= 11 is 0. The van der Waals surface area contributed by atoms with Gasteiger partial charge in [-0.2, -0.15) is 5.10 Å². The smallest absolute Gasteiger partial charge is 0.244 e. The molecule has 0 bridgehead atoms. The second-order valence-electron chi connectivity index (χ2n) is 6.53. The molecule has 1 N–H and O–H groups in total. The van der Waals surface area contributed by atoms with Crippen LogP contribution in [0.1, 0.15) is 12.0 Å². The van der Waals surface area contributed by atoms with Gasteiger partial charge in [0.15, 0.2) is 9.84 Å². The molecule has 0 spiro atoms. The Morgan fingerprint density at radius 2 is 1.96 bits per heavy atom. The number of fused-ring (bicyclic) bond motifs is 1. The number of carbonyl (C=O) groups excluding carboxylic acids is 1. The lowest BCUT2D eigenvalue weighted by Gasteiger charge is -2.05. The van der Waals surface area contributed by atoms with Gasteiger partial charge in [0.1, 0.15) is 6.33 Å². The highest BCUT2D eigenvalue weighted by Crippen LogP contribution is 2.19. The first-order chi connectivity index (χ1) is 13.0. The largest absolute Gasteiger partial charge is 0.299 e. The topological polar surface area (TPSA) is 93.4 Å². The zero-order chi connectivity index (χ0) is 18.9. The molecule has 1 saturated heterocycles. The fraction of sp³-hybridized carbons (Fsp3) is 0.211. The maximum Gasteiger partial charge on any atom is 0.244 e. The predicted octanol–water partition coefficient (Wildman–Crippen LogP) is 1.91. The van der Waals surface area contributed by atoms with Crippen LogP contribution in [0.5, 0.6) is 0 Å². The number of imidazole rings is 1. The number of nitrogens with one attached hydrogen (secondary N) is 1. The fourth-order valence-corrected chi connectivity index (χ4v) is 4.89. The van der Waals surface area contributed by atoms with Gasteiger partial charge in [0, 0.05) is 5.69 Å².